The Morgan fingerprint density at radius 1 is 1.29 bits per heavy atom. The average Bonchev–Trinajstić information content (AvgIpc) is 3.23. The molecule has 6 heteroatoms. The highest BCUT2D eigenvalue weighted by molar-refractivity contribution is 7.99. The summed E-state index contributed by atoms with van der Waals surface area (Å²) in [6.07, 6.45) is 7.29. The summed E-state index contributed by atoms with van der Waals surface area (Å²) >= 11 is 1.51. The number of rotatable bonds is 5. The van der Waals surface area contributed by atoms with Crippen LogP contribution in [0, 0.1) is 12.8 Å². The lowest BCUT2D eigenvalue weighted by atomic mass is 9.86. The zero-order chi connectivity index (χ0) is 14.8. The van der Waals surface area contributed by atoms with Gasteiger partial charge in [0.15, 0.2) is 5.16 Å². The Bertz CT molecular complexity index is 512. The molecule has 0 saturated heterocycles. The molecule has 1 aromatic heterocycles. The highest BCUT2D eigenvalue weighted by Gasteiger charge is 2.29. The quantitative estimate of drug-likeness (QED) is 0.850. The fourth-order valence-corrected chi connectivity index (χ4v) is 3.97. The second kappa shape index (κ2) is 6.38. The molecule has 0 aliphatic heterocycles. The van der Waals surface area contributed by atoms with Gasteiger partial charge in [-0.3, -0.25) is 4.79 Å². The number of aromatic nitrogens is 3. The molecule has 0 radical (unpaired) electrons. The molecule has 2 atom stereocenters. The number of hydrogen-bond donors (Lipinski definition) is 1. The summed E-state index contributed by atoms with van der Waals surface area (Å²) in [6, 6.07) is 0.916. The molecule has 0 aromatic carbocycles. The summed E-state index contributed by atoms with van der Waals surface area (Å²) in [4.78, 5) is 12.1. The summed E-state index contributed by atoms with van der Waals surface area (Å²) in [5.74, 6) is 2.13. The molecule has 1 heterocycles. The van der Waals surface area contributed by atoms with E-state index in [1.165, 1.54) is 43.9 Å². The van der Waals surface area contributed by atoms with Gasteiger partial charge in [0.05, 0.1) is 5.75 Å². The van der Waals surface area contributed by atoms with Crippen molar-refractivity contribution in [3.8, 4) is 0 Å². The number of carbonyl (C=O) groups excluding carboxylic acids is 1. The monoisotopic (exact) mass is 308 g/mol. The van der Waals surface area contributed by atoms with Crippen molar-refractivity contribution in [2.45, 2.75) is 69.6 Å². The second-order valence-corrected chi connectivity index (χ2v) is 7.30. The molecule has 2 fully saturated rings. The minimum absolute atomic E-state index is 0.127. The molecule has 0 bridgehead atoms. The van der Waals surface area contributed by atoms with Gasteiger partial charge in [0.25, 0.3) is 0 Å². The van der Waals surface area contributed by atoms with Crippen LogP contribution in [0.5, 0.6) is 0 Å². The van der Waals surface area contributed by atoms with Crippen LogP contribution in [-0.4, -0.2) is 32.5 Å². The van der Waals surface area contributed by atoms with Crippen LogP contribution in [0.25, 0.3) is 0 Å². The minimum atomic E-state index is 0.127. The lowest BCUT2D eigenvalue weighted by Gasteiger charge is -2.29. The van der Waals surface area contributed by atoms with E-state index in [0.29, 0.717) is 23.8 Å². The fourth-order valence-electron chi connectivity index (χ4n) is 3.11. The second-order valence-electron chi connectivity index (χ2n) is 6.36. The molecule has 21 heavy (non-hydrogen) atoms. The number of nitrogens with zero attached hydrogens (tertiary/aromatic N) is 3. The van der Waals surface area contributed by atoms with Crippen LogP contribution >= 0.6 is 11.8 Å². The molecule has 3 rings (SSSR count). The van der Waals surface area contributed by atoms with Crippen LogP contribution in [0.3, 0.4) is 0 Å². The van der Waals surface area contributed by atoms with E-state index in [1.807, 2.05) is 6.92 Å². The first-order valence-electron chi connectivity index (χ1n) is 7.99. The van der Waals surface area contributed by atoms with Gasteiger partial charge in [0.1, 0.15) is 5.82 Å². The predicted molar refractivity (Wildman–Crippen MR) is 83.3 cm³/mol. The Morgan fingerprint density at radius 2 is 2.05 bits per heavy atom. The summed E-state index contributed by atoms with van der Waals surface area (Å²) in [6.45, 7) is 4.23. The Labute approximate surface area is 130 Å². The smallest absolute Gasteiger partial charge is 0.230 e. The number of carbonyl (C=O) groups is 1. The first kappa shape index (κ1) is 14.9. The van der Waals surface area contributed by atoms with E-state index in [0.717, 1.165) is 17.4 Å². The summed E-state index contributed by atoms with van der Waals surface area (Å²) < 4.78 is 2.18. The standard InChI is InChI=1S/C15H24N4OS/c1-10-5-3-4-6-13(10)16-14(20)9-21-15-18-17-11(2)19(15)12-7-8-12/h10,12-13H,3-9H2,1-2H3,(H,16,20)/t10-,13-/m1/s1. The molecule has 2 aliphatic carbocycles. The highest BCUT2D eigenvalue weighted by atomic mass is 32.2. The van der Waals surface area contributed by atoms with Gasteiger partial charge in [0.2, 0.25) is 5.91 Å². The predicted octanol–water partition coefficient (Wildman–Crippen LogP) is 2.71. The largest absolute Gasteiger partial charge is 0.352 e. The zero-order valence-corrected chi connectivity index (χ0v) is 13.7. The molecule has 5 nitrogen and oxygen atoms in total. The lowest BCUT2D eigenvalue weighted by Crippen LogP contribution is -2.41. The van der Waals surface area contributed by atoms with Crippen molar-refractivity contribution in [2.24, 2.45) is 5.92 Å². The van der Waals surface area contributed by atoms with Crippen molar-refractivity contribution in [3.05, 3.63) is 5.82 Å². The maximum atomic E-state index is 12.1. The normalized spacial score (nSPS) is 25.8. The van der Waals surface area contributed by atoms with Crippen LogP contribution in [0.4, 0.5) is 0 Å². The van der Waals surface area contributed by atoms with Gasteiger partial charge in [0, 0.05) is 12.1 Å². The molecule has 1 N–H and O–H groups in total. The number of nitrogens with one attached hydrogen (secondary N) is 1. The average molecular weight is 308 g/mol. The molecule has 116 valence electrons. The van der Waals surface area contributed by atoms with Crippen LogP contribution in [-0.2, 0) is 4.79 Å². The molecule has 0 spiro atoms. The van der Waals surface area contributed by atoms with E-state index in [9.17, 15) is 4.79 Å². The molecule has 1 amide bonds. The number of thioether (sulfide) groups is 1. The molecule has 0 unspecified atom stereocenters. The SMILES string of the molecule is Cc1nnc(SCC(=O)N[C@@H]2CCCC[C@H]2C)n1C1CC1. The van der Waals surface area contributed by atoms with Gasteiger partial charge in [-0.25, -0.2) is 0 Å². The van der Waals surface area contributed by atoms with E-state index in [2.05, 4.69) is 27.0 Å². The lowest BCUT2D eigenvalue weighted by molar-refractivity contribution is -0.119. The summed E-state index contributed by atoms with van der Waals surface area (Å²) in [7, 11) is 0. The Morgan fingerprint density at radius 3 is 2.76 bits per heavy atom. The van der Waals surface area contributed by atoms with E-state index in [-0.39, 0.29) is 5.91 Å². The number of aryl methyl sites for hydroxylation is 1. The van der Waals surface area contributed by atoms with Gasteiger partial charge in [-0.2, -0.15) is 0 Å². The molecule has 2 aliphatic rings. The summed E-state index contributed by atoms with van der Waals surface area (Å²) in [5.41, 5.74) is 0. The van der Waals surface area contributed by atoms with Crippen LogP contribution in [0.15, 0.2) is 5.16 Å². The number of hydrogen-bond acceptors (Lipinski definition) is 4. The molecule has 1 aromatic rings. The van der Waals surface area contributed by atoms with Crippen molar-refractivity contribution < 1.29 is 4.79 Å². The summed E-state index contributed by atoms with van der Waals surface area (Å²) in [5, 5.41) is 12.4. The van der Waals surface area contributed by atoms with Crippen LogP contribution < -0.4 is 5.32 Å². The molecular formula is C15H24N4OS. The number of amides is 1. The van der Waals surface area contributed by atoms with E-state index in [4.69, 9.17) is 0 Å². The molecular weight excluding hydrogens is 284 g/mol. The van der Waals surface area contributed by atoms with E-state index >= 15 is 0 Å². The van der Waals surface area contributed by atoms with Gasteiger partial charge in [-0.1, -0.05) is 31.5 Å². The van der Waals surface area contributed by atoms with Crippen molar-refractivity contribution in [1.29, 1.82) is 0 Å². The van der Waals surface area contributed by atoms with Gasteiger partial charge < -0.3 is 9.88 Å². The van der Waals surface area contributed by atoms with E-state index in [1.54, 1.807) is 0 Å². The maximum absolute atomic E-state index is 12.1. The van der Waals surface area contributed by atoms with Crippen molar-refractivity contribution in [1.82, 2.24) is 20.1 Å². The van der Waals surface area contributed by atoms with E-state index < -0.39 is 0 Å². The first-order chi connectivity index (χ1) is 10.1. The topological polar surface area (TPSA) is 59.8 Å². The molecule has 2 saturated carbocycles. The van der Waals surface area contributed by atoms with Crippen molar-refractivity contribution in [3.63, 3.8) is 0 Å². The van der Waals surface area contributed by atoms with Crippen LogP contribution in [0.1, 0.15) is 57.3 Å². The fraction of sp³-hybridized carbons (Fsp3) is 0.800. The van der Waals surface area contributed by atoms with Crippen molar-refractivity contribution >= 4 is 17.7 Å². The third-order valence-electron chi connectivity index (χ3n) is 4.54. The minimum Gasteiger partial charge on any atom is -0.352 e. The third-order valence-corrected chi connectivity index (χ3v) is 5.48. The zero-order valence-electron chi connectivity index (χ0n) is 12.8. The van der Waals surface area contributed by atoms with Crippen molar-refractivity contribution in [2.75, 3.05) is 5.75 Å². The Kier molecular flexibility index (Phi) is 4.52. The first-order valence-corrected chi connectivity index (χ1v) is 8.97. The Hall–Kier alpha value is -1.04. The maximum Gasteiger partial charge on any atom is 0.230 e. The Balaban J connectivity index is 1.51. The highest BCUT2D eigenvalue weighted by Crippen LogP contribution is 2.38. The van der Waals surface area contributed by atoms with Crippen LogP contribution in [0.2, 0.25) is 0 Å². The van der Waals surface area contributed by atoms with Gasteiger partial charge >= 0.3 is 0 Å². The van der Waals surface area contributed by atoms with Gasteiger partial charge in [-0.05, 0) is 38.5 Å². The van der Waals surface area contributed by atoms with Gasteiger partial charge in [-0.15, -0.1) is 10.2 Å². The third kappa shape index (κ3) is 3.59.